The van der Waals surface area contributed by atoms with Gasteiger partial charge in [-0.25, -0.2) is 9.24 Å². The van der Waals surface area contributed by atoms with Gasteiger partial charge in [0.25, 0.3) is 0 Å². The average molecular weight is 953 g/mol. The van der Waals surface area contributed by atoms with Gasteiger partial charge in [0.1, 0.15) is 0 Å². The van der Waals surface area contributed by atoms with Crippen LogP contribution >= 0.6 is 7.75 Å². The van der Waals surface area contributed by atoms with Gasteiger partial charge in [-0.2, -0.15) is 0 Å². The third-order valence-corrected chi connectivity index (χ3v) is 16.5. The van der Waals surface area contributed by atoms with Gasteiger partial charge in [-0.05, 0) is 19.3 Å². The van der Waals surface area contributed by atoms with Gasteiger partial charge in [0, 0.05) is 13.1 Å². The second-order valence-electron chi connectivity index (χ2n) is 21.7. The first-order valence-electron chi connectivity index (χ1n) is 31.3. The van der Waals surface area contributed by atoms with Crippen LogP contribution in [-0.2, 0) is 9.09 Å². The molecule has 1 atom stereocenters. The number of hydrogen-bond donors (Lipinski definition) is 1. The lowest BCUT2D eigenvalue weighted by atomic mass is 10.0. The summed E-state index contributed by atoms with van der Waals surface area (Å²) in [6.45, 7) is 8.64. The zero-order valence-corrected chi connectivity index (χ0v) is 47.1. The van der Waals surface area contributed by atoms with Crippen molar-refractivity contribution in [1.29, 1.82) is 0 Å². The zero-order chi connectivity index (χ0) is 47.8. The molecule has 0 saturated heterocycles. The van der Waals surface area contributed by atoms with Crippen molar-refractivity contribution in [1.82, 2.24) is 4.67 Å². The van der Waals surface area contributed by atoms with E-state index in [2.05, 4.69) is 20.8 Å². The van der Waals surface area contributed by atoms with Gasteiger partial charge in [0.15, 0.2) is 0 Å². The van der Waals surface area contributed by atoms with E-state index in [1.807, 2.05) is 4.67 Å². The molecule has 0 fully saturated rings. The standard InChI is InChI=1S/C61H126NO3P/c1-4-7-10-13-15-17-19-21-23-25-27-29-31-33-35-37-39-41-43-45-47-49-51-53-56-59-62(66(63,64)65-61-58-55-12-9-6-3)60-57-54-52-50-48-46-44-42-40-38-36-34-32-30-28-26-24-22-20-18-16-14-11-8-5-2/h4-61H2,1-3H3,(H,63,64). The van der Waals surface area contributed by atoms with Gasteiger partial charge in [0.2, 0.25) is 0 Å². The van der Waals surface area contributed by atoms with Gasteiger partial charge in [-0.1, -0.05) is 355 Å². The number of rotatable bonds is 60. The van der Waals surface area contributed by atoms with Crippen molar-refractivity contribution >= 4 is 7.75 Å². The fourth-order valence-corrected chi connectivity index (χ4v) is 11.5. The molecule has 0 saturated carbocycles. The van der Waals surface area contributed by atoms with E-state index in [4.69, 9.17) is 4.52 Å². The minimum atomic E-state index is -3.72. The minimum absolute atomic E-state index is 0.410. The van der Waals surface area contributed by atoms with E-state index in [0.29, 0.717) is 19.7 Å². The number of hydrogen-bond acceptors (Lipinski definition) is 2. The molecule has 0 aromatic carbocycles. The van der Waals surface area contributed by atoms with E-state index in [1.165, 1.54) is 315 Å². The Balaban J connectivity index is 3.84. The van der Waals surface area contributed by atoms with Gasteiger partial charge in [0.05, 0.1) is 6.61 Å². The van der Waals surface area contributed by atoms with Gasteiger partial charge in [-0.3, -0.25) is 4.52 Å². The summed E-state index contributed by atoms with van der Waals surface area (Å²) >= 11 is 0. The molecule has 0 aliphatic carbocycles. The van der Waals surface area contributed by atoms with Crippen molar-refractivity contribution in [3.8, 4) is 0 Å². The van der Waals surface area contributed by atoms with Crippen LogP contribution in [-0.4, -0.2) is 29.3 Å². The molecule has 0 aromatic rings. The highest BCUT2D eigenvalue weighted by atomic mass is 31.2. The Labute approximate surface area is 418 Å². The highest BCUT2D eigenvalue weighted by molar-refractivity contribution is 7.50. The van der Waals surface area contributed by atoms with E-state index >= 15 is 0 Å². The molecule has 66 heavy (non-hydrogen) atoms. The summed E-state index contributed by atoms with van der Waals surface area (Å²) in [5.41, 5.74) is 0. The van der Waals surface area contributed by atoms with E-state index in [1.54, 1.807) is 0 Å². The minimum Gasteiger partial charge on any atom is -0.312 e. The summed E-state index contributed by atoms with van der Waals surface area (Å²) in [6.07, 6.45) is 75.4. The lowest BCUT2D eigenvalue weighted by Crippen LogP contribution is -2.24. The molecule has 0 bridgehead atoms. The lowest BCUT2D eigenvalue weighted by molar-refractivity contribution is 0.194. The molecule has 4 nitrogen and oxygen atoms in total. The van der Waals surface area contributed by atoms with Crippen molar-refractivity contribution in [2.45, 2.75) is 374 Å². The Bertz CT molecular complexity index is 861. The number of unbranched alkanes of at least 4 members (excludes halogenated alkanes) is 52. The third-order valence-electron chi connectivity index (χ3n) is 14.9. The molecule has 0 aromatic heterocycles. The second kappa shape index (κ2) is 57.7. The zero-order valence-electron chi connectivity index (χ0n) is 46.2. The highest BCUT2D eigenvalue weighted by Gasteiger charge is 2.28. The largest absolute Gasteiger partial charge is 0.405 e. The molecule has 0 radical (unpaired) electrons. The van der Waals surface area contributed by atoms with Gasteiger partial charge in [-0.15, -0.1) is 0 Å². The van der Waals surface area contributed by atoms with Crippen LogP contribution < -0.4 is 0 Å². The van der Waals surface area contributed by atoms with Crippen molar-refractivity contribution < 1.29 is 14.0 Å². The topological polar surface area (TPSA) is 49.8 Å². The quantitative estimate of drug-likeness (QED) is 0.0487. The molecule has 0 rings (SSSR count). The van der Waals surface area contributed by atoms with E-state index < -0.39 is 7.75 Å². The van der Waals surface area contributed by atoms with E-state index in [9.17, 15) is 9.46 Å². The fraction of sp³-hybridized carbons (Fsp3) is 1.00. The normalized spacial score (nSPS) is 12.8. The van der Waals surface area contributed by atoms with Crippen LogP contribution in [0.5, 0.6) is 0 Å². The van der Waals surface area contributed by atoms with Crippen LogP contribution in [0, 0.1) is 0 Å². The maximum absolute atomic E-state index is 13.4. The molecular formula is C61H126NO3P. The summed E-state index contributed by atoms with van der Waals surface area (Å²) in [4.78, 5) is 11.0. The molecular weight excluding hydrogens is 826 g/mol. The van der Waals surface area contributed by atoms with Crippen molar-refractivity contribution in [2.75, 3.05) is 19.7 Å². The van der Waals surface area contributed by atoms with Crippen molar-refractivity contribution in [3.63, 3.8) is 0 Å². The molecule has 0 aliphatic rings. The molecule has 0 heterocycles. The monoisotopic (exact) mass is 952 g/mol. The Morgan fingerprint density at radius 3 is 0.591 bits per heavy atom. The summed E-state index contributed by atoms with van der Waals surface area (Å²) in [6, 6.07) is 0. The first kappa shape index (κ1) is 66.1. The summed E-state index contributed by atoms with van der Waals surface area (Å²) < 4.78 is 21.0. The van der Waals surface area contributed by atoms with Crippen LogP contribution in [0.3, 0.4) is 0 Å². The van der Waals surface area contributed by atoms with Crippen LogP contribution in [0.25, 0.3) is 0 Å². The van der Waals surface area contributed by atoms with Crippen LogP contribution in [0.4, 0.5) is 0 Å². The summed E-state index contributed by atoms with van der Waals surface area (Å²) in [5.74, 6) is 0. The molecule has 1 unspecified atom stereocenters. The Morgan fingerprint density at radius 2 is 0.409 bits per heavy atom. The maximum atomic E-state index is 13.4. The highest BCUT2D eigenvalue weighted by Crippen LogP contribution is 2.47. The molecule has 0 amide bonds. The number of nitrogens with zero attached hydrogens (tertiary/aromatic N) is 1. The lowest BCUT2D eigenvalue weighted by Gasteiger charge is -2.26. The Hall–Kier alpha value is 0.110. The molecule has 0 aliphatic heterocycles. The van der Waals surface area contributed by atoms with Crippen molar-refractivity contribution in [2.24, 2.45) is 0 Å². The van der Waals surface area contributed by atoms with Crippen molar-refractivity contribution in [3.05, 3.63) is 0 Å². The fourth-order valence-electron chi connectivity index (χ4n) is 10.2. The molecule has 1 N–H and O–H groups in total. The predicted molar refractivity (Wildman–Crippen MR) is 298 cm³/mol. The first-order valence-corrected chi connectivity index (χ1v) is 32.8. The van der Waals surface area contributed by atoms with Gasteiger partial charge >= 0.3 is 7.75 Å². The molecule has 0 spiro atoms. The first-order chi connectivity index (χ1) is 32.6. The van der Waals surface area contributed by atoms with E-state index in [-0.39, 0.29) is 0 Å². The smallest absolute Gasteiger partial charge is 0.312 e. The average Bonchev–Trinajstić information content (AvgIpc) is 3.31. The van der Waals surface area contributed by atoms with Crippen LogP contribution in [0.2, 0.25) is 0 Å². The Morgan fingerprint density at radius 1 is 0.258 bits per heavy atom. The summed E-state index contributed by atoms with van der Waals surface area (Å²) in [7, 11) is -3.72. The SMILES string of the molecule is CCCCCCCCCCCCCCCCCCCCCCCCCCCN(CCCCCCCCCCCCCCCCCCCCCCCCCCC)P(=O)(O)OCCCCCCC. The van der Waals surface area contributed by atoms with Crippen LogP contribution in [0.1, 0.15) is 374 Å². The molecule has 5 heteroatoms. The third kappa shape index (κ3) is 53.5. The van der Waals surface area contributed by atoms with E-state index in [0.717, 1.165) is 38.5 Å². The predicted octanol–water partition coefficient (Wildman–Crippen LogP) is 22.9. The second-order valence-corrected chi connectivity index (χ2v) is 23.5. The van der Waals surface area contributed by atoms with Crippen LogP contribution in [0.15, 0.2) is 0 Å². The molecule has 398 valence electrons. The van der Waals surface area contributed by atoms with Gasteiger partial charge < -0.3 is 4.89 Å². The maximum Gasteiger partial charge on any atom is 0.405 e. The summed E-state index contributed by atoms with van der Waals surface area (Å²) in [5, 5.41) is 0. The Kier molecular flexibility index (Phi) is 57.8.